The smallest absolute Gasteiger partial charge is 0.231 e. The van der Waals surface area contributed by atoms with Gasteiger partial charge in [-0.1, -0.05) is 48.9 Å². The van der Waals surface area contributed by atoms with E-state index in [1.165, 1.54) is 0 Å². The molecule has 1 N–H and O–H groups in total. The Morgan fingerprint density at radius 3 is 2.78 bits per heavy atom. The van der Waals surface area contributed by atoms with Gasteiger partial charge in [0.1, 0.15) is 0 Å². The highest BCUT2D eigenvalue weighted by atomic mass is 16.1. The average Bonchev–Trinajstić information content (AvgIpc) is 2.85. The Labute approximate surface area is 136 Å². The number of carbonyl (C=O) groups excluding carboxylic acids is 1. The molecule has 3 rings (SSSR count). The van der Waals surface area contributed by atoms with Crippen LogP contribution >= 0.6 is 0 Å². The average molecular weight is 307 g/mol. The molecule has 0 fully saturated rings. The van der Waals surface area contributed by atoms with Gasteiger partial charge in [-0.2, -0.15) is 0 Å². The molecule has 0 aliphatic heterocycles. The second-order valence-corrected chi connectivity index (χ2v) is 5.79. The van der Waals surface area contributed by atoms with Crippen molar-refractivity contribution in [1.82, 2.24) is 9.55 Å². The maximum absolute atomic E-state index is 12.4. The van der Waals surface area contributed by atoms with Crippen LogP contribution < -0.4 is 5.32 Å². The Bertz CT molecular complexity index is 836. The van der Waals surface area contributed by atoms with Crippen LogP contribution in [0, 0.1) is 6.92 Å². The lowest BCUT2D eigenvalue weighted by Gasteiger charge is -2.09. The summed E-state index contributed by atoms with van der Waals surface area (Å²) < 4.78 is 2.07. The van der Waals surface area contributed by atoms with Gasteiger partial charge in [-0.25, -0.2) is 4.98 Å². The van der Waals surface area contributed by atoms with Gasteiger partial charge in [0.05, 0.1) is 17.5 Å². The van der Waals surface area contributed by atoms with Gasteiger partial charge < -0.3 is 4.57 Å². The van der Waals surface area contributed by atoms with Gasteiger partial charge in [-0.15, -0.1) is 0 Å². The van der Waals surface area contributed by atoms with Crippen molar-refractivity contribution in [1.29, 1.82) is 0 Å². The van der Waals surface area contributed by atoms with E-state index in [1.807, 2.05) is 55.5 Å². The lowest BCUT2D eigenvalue weighted by Crippen LogP contribution is -2.18. The number of aromatic nitrogens is 2. The molecule has 23 heavy (non-hydrogen) atoms. The van der Waals surface area contributed by atoms with Crippen LogP contribution in [0.2, 0.25) is 0 Å². The highest BCUT2D eigenvalue weighted by Crippen LogP contribution is 2.20. The fourth-order valence-electron chi connectivity index (χ4n) is 2.80. The molecule has 4 nitrogen and oxygen atoms in total. The molecule has 0 bridgehead atoms. The summed E-state index contributed by atoms with van der Waals surface area (Å²) in [6.07, 6.45) is 1.35. The zero-order valence-electron chi connectivity index (χ0n) is 13.5. The zero-order chi connectivity index (χ0) is 16.2. The van der Waals surface area contributed by atoms with E-state index >= 15 is 0 Å². The van der Waals surface area contributed by atoms with Crippen molar-refractivity contribution in [3.05, 3.63) is 59.7 Å². The molecule has 4 heteroatoms. The molecular formula is C19H21N3O. The van der Waals surface area contributed by atoms with Crippen molar-refractivity contribution in [3.8, 4) is 0 Å². The summed E-state index contributed by atoms with van der Waals surface area (Å²) in [6, 6.07) is 16.0. The van der Waals surface area contributed by atoms with Crippen LogP contribution in [-0.4, -0.2) is 15.5 Å². The summed E-state index contributed by atoms with van der Waals surface area (Å²) in [5.74, 6) is 0.592. The molecule has 3 aromatic rings. The molecule has 0 atom stereocenters. The predicted molar refractivity (Wildman–Crippen MR) is 93.5 cm³/mol. The summed E-state index contributed by atoms with van der Waals surface area (Å²) >= 11 is 0. The number of nitrogens with zero attached hydrogens (tertiary/aromatic N) is 2. The second kappa shape index (κ2) is 6.65. The van der Waals surface area contributed by atoms with E-state index in [9.17, 15) is 4.79 Å². The summed E-state index contributed by atoms with van der Waals surface area (Å²) in [5, 5.41) is 2.97. The number of fused-ring (bicyclic) bond motifs is 1. The highest BCUT2D eigenvalue weighted by molar-refractivity contribution is 5.92. The fourth-order valence-corrected chi connectivity index (χ4v) is 2.80. The maximum atomic E-state index is 12.4. The maximum Gasteiger partial charge on any atom is 0.231 e. The number of aryl methyl sites for hydroxylation is 2. The Morgan fingerprint density at radius 2 is 2.00 bits per heavy atom. The van der Waals surface area contributed by atoms with Crippen LogP contribution in [0.5, 0.6) is 0 Å². The third kappa shape index (κ3) is 3.42. The van der Waals surface area contributed by atoms with Gasteiger partial charge in [-0.05, 0) is 31.0 Å². The lowest BCUT2D eigenvalue weighted by molar-refractivity contribution is -0.115. The van der Waals surface area contributed by atoms with E-state index in [2.05, 4.69) is 21.8 Å². The van der Waals surface area contributed by atoms with E-state index < -0.39 is 0 Å². The minimum atomic E-state index is -0.0386. The SMILES string of the molecule is CCCn1c(NC(=O)Cc2cccc(C)c2)nc2ccccc21. The fraction of sp³-hybridized carbons (Fsp3) is 0.263. The third-order valence-corrected chi connectivity index (χ3v) is 3.80. The number of hydrogen-bond acceptors (Lipinski definition) is 2. The van der Waals surface area contributed by atoms with Crippen molar-refractivity contribution in [3.63, 3.8) is 0 Å². The number of rotatable bonds is 5. The Morgan fingerprint density at radius 1 is 1.17 bits per heavy atom. The van der Waals surface area contributed by atoms with E-state index in [0.717, 1.165) is 35.1 Å². The largest absolute Gasteiger partial charge is 0.310 e. The highest BCUT2D eigenvalue weighted by Gasteiger charge is 2.12. The minimum Gasteiger partial charge on any atom is -0.310 e. The first kappa shape index (κ1) is 15.3. The summed E-state index contributed by atoms with van der Waals surface area (Å²) in [4.78, 5) is 16.9. The standard InChI is InChI=1S/C19H21N3O/c1-3-11-22-17-10-5-4-9-16(17)20-19(22)21-18(23)13-15-8-6-7-14(2)12-15/h4-10,12H,3,11,13H2,1-2H3,(H,20,21,23). The summed E-state index contributed by atoms with van der Waals surface area (Å²) in [5.41, 5.74) is 4.14. The number of nitrogens with one attached hydrogen (secondary N) is 1. The van der Waals surface area contributed by atoms with Crippen LogP contribution in [0.25, 0.3) is 11.0 Å². The summed E-state index contributed by atoms with van der Waals surface area (Å²) in [6.45, 7) is 4.98. The van der Waals surface area contributed by atoms with Gasteiger partial charge in [0.2, 0.25) is 11.9 Å². The van der Waals surface area contributed by atoms with Crippen LogP contribution in [-0.2, 0) is 17.8 Å². The first-order chi connectivity index (χ1) is 11.2. The van der Waals surface area contributed by atoms with E-state index in [0.29, 0.717) is 12.4 Å². The van der Waals surface area contributed by atoms with E-state index in [4.69, 9.17) is 0 Å². The van der Waals surface area contributed by atoms with Crippen molar-refractivity contribution >= 4 is 22.9 Å². The molecule has 0 aliphatic rings. The minimum absolute atomic E-state index is 0.0386. The lowest BCUT2D eigenvalue weighted by atomic mass is 10.1. The zero-order valence-corrected chi connectivity index (χ0v) is 13.5. The van der Waals surface area contributed by atoms with Gasteiger partial charge in [-0.3, -0.25) is 10.1 Å². The molecule has 0 unspecified atom stereocenters. The molecular weight excluding hydrogens is 286 g/mol. The molecule has 0 aliphatic carbocycles. The van der Waals surface area contributed by atoms with Crippen molar-refractivity contribution in [2.75, 3.05) is 5.32 Å². The molecule has 0 saturated heterocycles. The van der Waals surface area contributed by atoms with Crippen molar-refractivity contribution in [2.45, 2.75) is 33.2 Å². The number of carbonyl (C=O) groups is 1. The number of benzene rings is 2. The number of anilines is 1. The molecule has 1 amide bonds. The first-order valence-electron chi connectivity index (χ1n) is 7.98. The normalized spacial score (nSPS) is 10.9. The first-order valence-corrected chi connectivity index (χ1v) is 7.98. The Balaban J connectivity index is 1.83. The topological polar surface area (TPSA) is 46.9 Å². The molecule has 1 aromatic heterocycles. The van der Waals surface area contributed by atoms with E-state index in [1.54, 1.807) is 0 Å². The molecule has 0 radical (unpaired) electrons. The quantitative estimate of drug-likeness (QED) is 0.776. The van der Waals surface area contributed by atoms with E-state index in [-0.39, 0.29) is 5.91 Å². The number of imidazole rings is 1. The number of hydrogen-bond donors (Lipinski definition) is 1. The number of para-hydroxylation sites is 2. The molecule has 1 heterocycles. The Kier molecular flexibility index (Phi) is 4.42. The second-order valence-electron chi connectivity index (χ2n) is 5.79. The van der Waals surface area contributed by atoms with Gasteiger partial charge in [0, 0.05) is 6.54 Å². The van der Waals surface area contributed by atoms with Crippen LogP contribution in [0.15, 0.2) is 48.5 Å². The monoisotopic (exact) mass is 307 g/mol. The molecule has 0 spiro atoms. The van der Waals surface area contributed by atoms with Crippen LogP contribution in [0.4, 0.5) is 5.95 Å². The molecule has 118 valence electrons. The van der Waals surface area contributed by atoms with Crippen molar-refractivity contribution in [2.24, 2.45) is 0 Å². The van der Waals surface area contributed by atoms with Crippen molar-refractivity contribution < 1.29 is 4.79 Å². The predicted octanol–water partition coefficient (Wildman–Crippen LogP) is 3.94. The summed E-state index contributed by atoms with van der Waals surface area (Å²) in [7, 11) is 0. The van der Waals surface area contributed by atoms with Crippen LogP contribution in [0.3, 0.4) is 0 Å². The number of amides is 1. The van der Waals surface area contributed by atoms with Crippen LogP contribution in [0.1, 0.15) is 24.5 Å². The van der Waals surface area contributed by atoms with Gasteiger partial charge in [0.25, 0.3) is 0 Å². The van der Waals surface area contributed by atoms with Gasteiger partial charge in [0.15, 0.2) is 0 Å². The van der Waals surface area contributed by atoms with Gasteiger partial charge >= 0.3 is 0 Å². The Hall–Kier alpha value is -2.62. The molecule has 2 aromatic carbocycles. The third-order valence-electron chi connectivity index (χ3n) is 3.80. The molecule has 0 saturated carbocycles.